The molecule has 0 rings (SSSR count). The van der Waals surface area contributed by atoms with Crippen LogP contribution in [0.2, 0.25) is 0 Å². The van der Waals surface area contributed by atoms with E-state index in [0.717, 1.165) is 0 Å². The van der Waals surface area contributed by atoms with Crippen molar-refractivity contribution in [2.45, 2.75) is 13.2 Å². The molecule has 0 heterocycles. The molecule has 0 aliphatic carbocycles. The van der Waals surface area contributed by atoms with Crippen LogP contribution in [0, 0.1) is 5.92 Å². The van der Waals surface area contributed by atoms with Gasteiger partial charge in [0.25, 0.3) is 0 Å². The molecule has 0 saturated carbocycles. The highest BCUT2D eigenvalue weighted by Gasteiger charge is 2.04. The van der Waals surface area contributed by atoms with Crippen molar-refractivity contribution >= 4 is 0 Å². The van der Waals surface area contributed by atoms with E-state index >= 15 is 0 Å². The summed E-state index contributed by atoms with van der Waals surface area (Å²) in [5.74, 6) is 0.162. The second kappa shape index (κ2) is 5.61. The topological polar surface area (TPSA) is 81.5 Å². The lowest BCUT2D eigenvalue weighted by Gasteiger charge is -2.13. The monoisotopic (exact) mass is 148 g/mol. The third-order valence-electron chi connectivity index (χ3n) is 1.24. The van der Waals surface area contributed by atoms with Crippen molar-refractivity contribution in [1.82, 2.24) is 0 Å². The van der Waals surface area contributed by atoms with Gasteiger partial charge in [0.1, 0.15) is 0 Å². The summed E-state index contributed by atoms with van der Waals surface area (Å²) >= 11 is 0. The Morgan fingerprint density at radius 1 is 1.40 bits per heavy atom. The number of ether oxygens (including phenoxy) is 1. The minimum absolute atomic E-state index is 0.162. The largest absolute Gasteiger partial charge is 0.368 e. The molecule has 0 aliphatic heterocycles. The molecule has 4 heteroatoms. The highest BCUT2D eigenvalue weighted by Crippen LogP contribution is 1.93. The molecule has 0 spiro atoms. The van der Waals surface area contributed by atoms with Gasteiger partial charge in [-0.25, -0.2) is 0 Å². The lowest BCUT2D eigenvalue weighted by molar-refractivity contribution is -0.0945. The summed E-state index contributed by atoms with van der Waals surface area (Å²) < 4.78 is 4.88. The van der Waals surface area contributed by atoms with Crippen LogP contribution in [-0.2, 0) is 4.74 Å². The molecule has 0 saturated heterocycles. The maximum atomic E-state index is 8.69. The minimum Gasteiger partial charge on any atom is -0.368 e. The smallest absolute Gasteiger partial charge is 0.151 e. The average Bonchev–Trinajstić information content (AvgIpc) is 1.90. The summed E-state index contributed by atoms with van der Waals surface area (Å²) in [6.07, 6.45) is -0.722. The standard InChI is InChI=1S/C6H16N2O2/c1-5(9)10-4-6(2-7)3-8/h5-6,9H,2-4,7-8H2,1H3. The molecule has 1 unspecified atom stereocenters. The molecule has 0 radical (unpaired) electrons. The highest BCUT2D eigenvalue weighted by atomic mass is 16.6. The Morgan fingerprint density at radius 3 is 2.20 bits per heavy atom. The molecule has 0 amide bonds. The molecule has 10 heavy (non-hydrogen) atoms. The van der Waals surface area contributed by atoms with Crippen molar-refractivity contribution in [2.75, 3.05) is 19.7 Å². The molecular formula is C6H16N2O2. The molecule has 0 aromatic heterocycles. The SMILES string of the molecule is CC(O)OCC(CN)CN. The van der Waals surface area contributed by atoms with Crippen LogP contribution >= 0.6 is 0 Å². The fourth-order valence-corrected chi connectivity index (χ4v) is 0.508. The van der Waals surface area contributed by atoms with Crippen LogP contribution in [0.15, 0.2) is 0 Å². The van der Waals surface area contributed by atoms with E-state index < -0.39 is 6.29 Å². The fourth-order valence-electron chi connectivity index (χ4n) is 0.508. The van der Waals surface area contributed by atoms with E-state index in [1.54, 1.807) is 6.92 Å². The van der Waals surface area contributed by atoms with Crippen LogP contribution in [-0.4, -0.2) is 31.1 Å². The summed E-state index contributed by atoms with van der Waals surface area (Å²) in [6, 6.07) is 0. The number of hydrogen-bond donors (Lipinski definition) is 3. The zero-order chi connectivity index (χ0) is 7.98. The number of hydrogen-bond acceptors (Lipinski definition) is 4. The van der Waals surface area contributed by atoms with Gasteiger partial charge < -0.3 is 21.3 Å². The normalized spacial score (nSPS) is 14.1. The summed E-state index contributed by atoms with van der Waals surface area (Å²) in [7, 11) is 0. The Hall–Kier alpha value is -0.160. The van der Waals surface area contributed by atoms with Crippen molar-refractivity contribution in [1.29, 1.82) is 0 Å². The van der Waals surface area contributed by atoms with E-state index in [9.17, 15) is 0 Å². The second-order valence-corrected chi connectivity index (χ2v) is 2.27. The van der Waals surface area contributed by atoms with Gasteiger partial charge >= 0.3 is 0 Å². The Kier molecular flexibility index (Phi) is 5.52. The predicted octanol–water partition coefficient (Wildman–Crippen LogP) is -1.13. The van der Waals surface area contributed by atoms with Gasteiger partial charge in [0.05, 0.1) is 6.61 Å². The number of aliphatic hydroxyl groups excluding tert-OH is 1. The van der Waals surface area contributed by atoms with E-state index in [0.29, 0.717) is 19.7 Å². The van der Waals surface area contributed by atoms with Crippen LogP contribution in [0.1, 0.15) is 6.92 Å². The zero-order valence-electron chi connectivity index (χ0n) is 6.29. The van der Waals surface area contributed by atoms with E-state index in [1.165, 1.54) is 0 Å². The van der Waals surface area contributed by atoms with Gasteiger partial charge in [-0.15, -0.1) is 0 Å². The molecule has 0 aromatic carbocycles. The van der Waals surface area contributed by atoms with Crippen molar-refractivity contribution in [2.24, 2.45) is 17.4 Å². The van der Waals surface area contributed by atoms with E-state index in [4.69, 9.17) is 21.3 Å². The Bertz CT molecular complexity index is 74.1. The second-order valence-electron chi connectivity index (χ2n) is 2.27. The number of aliphatic hydroxyl groups is 1. The van der Waals surface area contributed by atoms with Crippen LogP contribution in [0.4, 0.5) is 0 Å². The third-order valence-corrected chi connectivity index (χ3v) is 1.24. The maximum Gasteiger partial charge on any atom is 0.151 e. The van der Waals surface area contributed by atoms with Crippen molar-refractivity contribution in [3.05, 3.63) is 0 Å². The predicted molar refractivity (Wildman–Crippen MR) is 39.2 cm³/mol. The summed E-state index contributed by atoms with van der Waals surface area (Å²) in [6.45, 7) is 3.00. The quantitative estimate of drug-likeness (QED) is 0.431. The molecule has 0 aromatic rings. The van der Waals surface area contributed by atoms with Gasteiger partial charge in [-0.2, -0.15) is 0 Å². The molecule has 0 aliphatic rings. The summed E-state index contributed by atoms with van der Waals surface area (Å²) in [4.78, 5) is 0. The number of nitrogens with two attached hydrogens (primary N) is 2. The van der Waals surface area contributed by atoms with Crippen molar-refractivity contribution in [3.63, 3.8) is 0 Å². The maximum absolute atomic E-state index is 8.69. The van der Waals surface area contributed by atoms with Crippen LogP contribution in [0.3, 0.4) is 0 Å². The third kappa shape index (κ3) is 4.69. The molecule has 0 fully saturated rings. The van der Waals surface area contributed by atoms with E-state index in [2.05, 4.69) is 0 Å². The van der Waals surface area contributed by atoms with Gasteiger partial charge in [-0.05, 0) is 20.0 Å². The molecule has 5 N–H and O–H groups in total. The van der Waals surface area contributed by atoms with Crippen LogP contribution < -0.4 is 11.5 Å². The van der Waals surface area contributed by atoms with Gasteiger partial charge in [0.2, 0.25) is 0 Å². The molecule has 4 nitrogen and oxygen atoms in total. The molecular weight excluding hydrogens is 132 g/mol. The Morgan fingerprint density at radius 2 is 1.90 bits per heavy atom. The first kappa shape index (κ1) is 9.84. The lowest BCUT2D eigenvalue weighted by atomic mass is 10.2. The van der Waals surface area contributed by atoms with Gasteiger partial charge in [-0.3, -0.25) is 0 Å². The summed E-state index contributed by atoms with van der Waals surface area (Å²) in [5, 5.41) is 8.69. The first-order valence-electron chi connectivity index (χ1n) is 3.40. The molecule has 1 atom stereocenters. The summed E-state index contributed by atoms with van der Waals surface area (Å²) in [5.41, 5.74) is 10.7. The van der Waals surface area contributed by atoms with Gasteiger partial charge in [0, 0.05) is 5.92 Å². The van der Waals surface area contributed by atoms with Gasteiger partial charge in [-0.1, -0.05) is 0 Å². The average molecular weight is 148 g/mol. The van der Waals surface area contributed by atoms with E-state index in [-0.39, 0.29) is 5.92 Å². The fraction of sp³-hybridized carbons (Fsp3) is 1.00. The Labute approximate surface area is 61.2 Å². The molecule has 62 valence electrons. The minimum atomic E-state index is -0.722. The highest BCUT2D eigenvalue weighted by molar-refractivity contribution is 4.58. The zero-order valence-corrected chi connectivity index (χ0v) is 6.29. The van der Waals surface area contributed by atoms with Crippen molar-refractivity contribution < 1.29 is 9.84 Å². The van der Waals surface area contributed by atoms with Crippen molar-refractivity contribution in [3.8, 4) is 0 Å². The first-order chi connectivity index (χ1) is 4.70. The lowest BCUT2D eigenvalue weighted by Crippen LogP contribution is -2.29. The van der Waals surface area contributed by atoms with Gasteiger partial charge in [0.15, 0.2) is 6.29 Å². The van der Waals surface area contributed by atoms with Crippen LogP contribution in [0.5, 0.6) is 0 Å². The van der Waals surface area contributed by atoms with Crippen LogP contribution in [0.25, 0.3) is 0 Å². The Balaban J connectivity index is 3.26. The number of rotatable bonds is 5. The first-order valence-corrected chi connectivity index (χ1v) is 3.40. The van der Waals surface area contributed by atoms with E-state index in [1.807, 2.05) is 0 Å². The molecule has 0 bridgehead atoms.